The van der Waals surface area contributed by atoms with Crippen LogP contribution in [-0.2, 0) is 0 Å². The summed E-state index contributed by atoms with van der Waals surface area (Å²) >= 11 is 0. The van der Waals surface area contributed by atoms with Gasteiger partial charge in [0, 0.05) is 44.0 Å². The van der Waals surface area contributed by atoms with Crippen LogP contribution >= 0.6 is 0 Å². The van der Waals surface area contributed by atoms with Gasteiger partial charge in [-0.15, -0.1) is 0 Å². The standard InChI is InChI=1S/C16H18N4O2/c1-12-13(3-8-22-12)14(21)20-10-16(11-20)4-7-19(9-16)15-17-5-2-6-18-15/h2-3,5-6,8H,4,7,9-11H2,1H3. The van der Waals surface area contributed by atoms with Crippen molar-refractivity contribution in [3.05, 3.63) is 42.1 Å². The van der Waals surface area contributed by atoms with Gasteiger partial charge in [0.05, 0.1) is 11.8 Å². The first-order chi connectivity index (χ1) is 10.7. The normalized spacial score (nSPS) is 19.5. The van der Waals surface area contributed by atoms with Gasteiger partial charge in [-0.25, -0.2) is 9.97 Å². The largest absolute Gasteiger partial charge is 0.469 e. The predicted molar refractivity (Wildman–Crippen MR) is 80.6 cm³/mol. The third-order valence-corrected chi connectivity index (χ3v) is 4.70. The molecule has 0 unspecified atom stereocenters. The maximum Gasteiger partial charge on any atom is 0.257 e. The summed E-state index contributed by atoms with van der Waals surface area (Å²) < 4.78 is 5.22. The highest BCUT2D eigenvalue weighted by Crippen LogP contribution is 2.41. The summed E-state index contributed by atoms with van der Waals surface area (Å²) in [5.41, 5.74) is 0.878. The minimum atomic E-state index is 0.0753. The van der Waals surface area contributed by atoms with Crippen LogP contribution in [0.2, 0.25) is 0 Å². The monoisotopic (exact) mass is 298 g/mol. The van der Waals surface area contributed by atoms with Crippen LogP contribution in [0.5, 0.6) is 0 Å². The average Bonchev–Trinajstić information content (AvgIpc) is 3.12. The highest BCUT2D eigenvalue weighted by molar-refractivity contribution is 5.95. The molecular weight excluding hydrogens is 280 g/mol. The van der Waals surface area contributed by atoms with Crippen LogP contribution in [0, 0.1) is 12.3 Å². The zero-order valence-corrected chi connectivity index (χ0v) is 12.5. The van der Waals surface area contributed by atoms with Gasteiger partial charge in [0.25, 0.3) is 5.91 Å². The lowest BCUT2D eigenvalue weighted by Crippen LogP contribution is -2.59. The SMILES string of the molecule is Cc1occc1C(=O)N1CC2(CCN(c3ncccn3)C2)C1. The highest BCUT2D eigenvalue weighted by Gasteiger charge is 2.50. The number of aryl methyl sites for hydroxylation is 1. The summed E-state index contributed by atoms with van der Waals surface area (Å²) in [5.74, 6) is 1.55. The minimum absolute atomic E-state index is 0.0753. The molecule has 1 amide bonds. The summed E-state index contributed by atoms with van der Waals surface area (Å²) in [6, 6.07) is 3.58. The lowest BCUT2D eigenvalue weighted by atomic mass is 9.78. The number of nitrogens with zero attached hydrogens (tertiary/aromatic N) is 4. The molecule has 0 N–H and O–H groups in total. The number of carbonyl (C=O) groups excluding carboxylic acids is 1. The van der Waals surface area contributed by atoms with Gasteiger partial charge in [0.2, 0.25) is 5.95 Å². The molecule has 4 heterocycles. The summed E-state index contributed by atoms with van der Waals surface area (Å²) in [6.45, 7) is 5.31. The van der Waals surface area contributed by atoms with E-state index in [9.17, 15) is 4.79 Å². The molecule has 2 aromatic rings. The van der Waals surface area contributed by atoms with E-state index in [0.717, 1.165) is 38.5 Å². The molecule has 6 heteroatoms. The van der Waals surface area contributed by atoms with Crippen LogP contribution in [-0.4, -0.2) is 47.0 Å². The molecule has 0 atom stereocenters. The lowest BCUT2D eigenvalue weighted by Gasteiger charge is -2.47. The number of aromatic nitrogens is 2. The Morgan fingerprint density at radius 2 is 2.05 bits per heavy atom. The van der Waals surface area contributed by atoms with Crippen molar-refractivity contribution in [2.45, 2.75) is 13.3 Å². The van der Waals surface area contributed by atoms with Gasteiger partial charge >= 0.3 is 0 Å². The fraction of sp³-hybridized carbons (Fsp3) is 0.438. The van der Waals surface area contributed by atoms with Crippen LogP contribution in [0.4, 0.5) is 5.95 Å². The Labute approximate surface area is 128 Å². The predicted octanol–water partition coefficient (Wildman–Crippen LogP) is 1.73. The van der Waals surface area contributed by atoms with Crippen molar-refractivity contribution in [3.8, 4) is 0 Å². The lowest BCUT2D eigenvalue weighted by molar-refractivity contribution is 0.0165. The summed E-state index contributed by atoms with van der Waals surface area (Å²) in [4.78, 5) is 25.2. The van der Waals surface area contributed by atoms with Gasteiger partial charge in [-0.3, -0.25) is 4.79 Å². The fourth-order valence-corrected chi connectivity index (χ4v) is 3.50. The zero-order chi connectivity index (χ0) is 15.2. The van der Waals surface area contributed by atoms with Crippen molar-refractivity contribution in [1.82, 2.24) is 14.9 Å². The van der Waals surface area contributed by atoms with Gasteiger partial charge in [0.1, 0.15) is 5.76 Å². The van der Waals surface area contributed by atoms with Crippen LogP contribution in [0.25, 0.3) is 0 Å². The molecule has 0 radical (unpaired) electrons. The zero-order valence-electron chi connectivity index (χ0n) is 12.5. The van der Waals surface area contributed by atoms with E-state index in [1.54, 1.807) is 24.7 Å². The Bertz CT molecular complexity index is 691. The number of anilines is 1. The van der Waals surface area contributed by atoms with Crippen LogP contribution in [0.1, 0.15) is 22.5 Å². The molecule has 2 saturated heterocycles. The quantitative estimate of drug-likeness (QED) is 0.845. The van der Waals surface area contributed by atoms with E-state index in [2.05, 4.69) is 14.9 Å². The molecule has 2 aliphatic rings. The Hall–Kier alpha value is -2.37. The van der Waals surface area contributed by atoms with Gasteiger partial charge in [-0.2, -0.15) is 0 Å². The molecule has 2 fully saturated rings. The summed E-state index contributed by atoms with van der Waals surface area (Å²) in [6.07, 6.45) is 6.19. The van der Waals surface area contributed by atoms with Crippen LogP contribution in [0.3, 0.4) is 0 Å². The van der Waals surface area contributed by atoms with Gasteiger partial charge in [-0.05, 0) is 25.5 Å². The second-order valence-electron chi connectivity index (χ2n) is 6.27. The number of likely N-dealkylation sites (tertiary alicyclic amines) is 1. The second kappa shape index (κ2) is 4.83. The molecule has 2 aliphatic heterocycles. The van der Waals surface area contributed by atoms with E-state index < -0.39 is 0 Å². The minimum Gasteiger partial charge on any atom is -0.469 e. The molecule has 0 aromatic carbocycles. The molecular formula is C16H18N4O2. The Balaban J connectivity index is 1.41. The molecule has 0 bridgehead atoms. The molecule has 6 nitrogen and oxygen atoms in total. The van der Waals surface area contributed by atoms with E-state index >= 15 is 0 Å². The van der Waals surface area contributed by atoms with Crippen molar-refractivity contribution in [2.75, 3.05) is 31.1 Å². The Kier molecular flexibility index (Phi) is 2.92. The van der Waals surface area contributed by atoms with Crippen molar-refractivity contribution >= 4 is 11.9 Å². The van der Waals surface area contributed by atoms with Gasteiger partial charge in [0.15, 0.2) is 0 Å². The molecule has 114 valence electrons. The first kappa shape index (κ1) is 13.3. The maximum absolute atomic E-state index is 12.4. The van der Waals surface area contributed by atoms with Crippen molar-refractivity contribution in [2.24, 2.45) is 5.41 Å². The van der Waals surface area contributed by atoms with E-state index in [1.165, 1.54) is 0 Å². The van der Waals surface area contributed by atoms with Crippen molar-refractivity contribution in [3.63, 3.8) is 0 Å². The Morgan fingerprint density at radius 3 is 2.73 bits per heavy atom. The van der Waals surface area contributed by atoms with Crippen molar-refractivity contribution < 1.29 is 9.21 Å². The van der Waals surface area contributed by atoms with E-state index in [4.69, 9.17) is 4.42 Å². The number of hydrogen-bond acceptors (Lipinski definition) is 5. The maximum atomic E-state index is 12.4. The molecule has 2 aromatic heterocycles. The first-order valence-corrected chi connectivity index (χ1v) is 7.52. The summed E-state index contributed by atoms with van der Waals surface area (Å²) in [5, 5.41) is 0. The van der Waals surface area contributed by atoms with Crippen LogP contribution in [0.15, 0.2) is 35.2 Å². The van der Waals surface area contributed by atoms with E-state index in [1.807, 2.05) is 17.9 Å². The number of furan rings is 1. The third kappa shape index (κ3) is 2.06. The smallest absolute Gasteiger partial charge is 0.257 e. The Morgan fingerprint density at radius 1 is 1.27 bits per heavy atom. The molecule has 0 saturated carbocycles. The van der Waals surface area contributed by atoms with Gasteiger partial charge < -0.3 is 14.2 Å². The van der Waals surface area contributed by atoms with Crippen molar-refractivity contribution in [1.29, 1.82) is 0 Å². The highest BCUT2D eigenvalue weighted by atomic mass is 16.3. The number of carbonyl (C=O) groups is 1. The fourth-order valence-electron chi connectivity index (χ4n) is 3.50. The molecule has 4 rings (SSSR count). The summed E-state index contributed by atoms with van der Waals surface area (Å²) in [7, 11) is 0. The van der Waals surface area contributed by atoms with E-state index in [0.29, 0.717) is 11.3 Å². The number of amides is 1. The topological polar surface area (TPSA) is 62.5 Å². The molecule has 1 spiro atoms. The average molecular weight is 298 g/mol. The molecule has 22 heavy (non-hydrogen) atoms. The van der Waals surface area contributed by atoms with E-state index in [-0.39, 0.29) is 11.3 Å². The molecule has 0 aliphatic carbocycles. The van der Waals surface area contributed by atoms with Gasteiger partial charge in [-0.1, -0.05) is 0 Å². The second-order valence-corrected chi connectivity index (χ2v) is 6.27. The number of hydrogen-bond donors (Lipinski definition) is 0. The third-order valence-electron chi connectivity index (χ3n) is 4.70. The number of rotatable bonds is 2. The van der Waals surface area contributed by atoms with Crippen LogP contribution < -0.4 is 4.90 Å². The first-order valence-electron chi connectivity index (χ1n) is 7.52.